The summed E-state index contributed by atoms with van der Waals surface area (Å²) in [4.78, 5) is 29.8. The molecular weight excluding hydrogens is 481 g/mol. The Labute approximate surface area is 211 Å². The number of halogens is 1. The number of carbonyl (C=O) groups is 2. The molecule has 3 heterocycles. The number of ether oxygens (including phenoxy) is 1. The van der Waals surface area contributed by atoms with Gasteiger partial charge >= 0.3 is 0 Å². The van der Waals surface area contributed by atoms with E-state index >= 15 is 0 Å². The number of fused-ring (bicyclic) bond motifs is 1. The van der Waals surface area contributed by atoms with Crippen LogP contribution in [0.25, 0.3) is 11.0 Å². The second-order valence-corrected chi connectivity index (χ2v) is 9.70. The predicted molar refractivity (Wildman–Crippen MR) is 134 cm³/mol. The summed E-state index contributed by atoms with van der Waals surface area (Å²) in [5.41, 5.74) is 1.93. The molecule has 0 radical (unpaired) electrons. The van der Waals surface area contributed by atoms with Crippen molar-refractivity contribution < 1.29 is 18.7 Å². The van der Waals surface area contributed by atoms with Gasteiger partial charge in [-0.25, -0.2) is 9.07 Å². The third-order valence-electron chi connectivity index (χ3n) is 6.21. The number of rotatable bonds is 9. The van der Waals surface area contributed by atoms with Gasteiger partial charge in [-0.1, -0.05) is 35.5 Å². The predicted octanol–water partition coefficient (Wildman–Crippen LogP) is 3.70. The smallest absolute Gasteiger partial charge is 0.247 e. The van der Waals surface area contributed by atoms with E-state index in [0.29, 0.717) is 24.2 Å². The van der Waals surface area contributed by atoms with Crippen LogP contribution in [0.1, 0.15) is 29.3 Å². The lowest BCUT2D eigenvalue weighted by molar-refractivity contribution is -0.142. The number of hydrogen-bond acceptors (Lipinski definition) is 6. The van der Waals surface area contributed by atoms with Crippen LogP contribution in [-0.4, -0.2) is 51.0 Å². The van der Waals surface area contributed by atoms with Crippen molar-refractivity contribution >= 4 is 34.2 Å². The van der Waals surface area contributed by atoms with Gasteiger partial charge in [0.1, 0.15) is 23.9 Å². The molecule has 0 aliphatic carbocycles. The quantitative estimate of drug-likeness (QED) is 0.373. The number of thiophene rings is 1. The highest BCUT2D eigenvalue weighted by Crippen LogP contribution is 2.26. The molecule has 1 saturated heterocycles. The molecule has 1 fully saturated rings. The Kier molecular flexibility index (Phi) is 7.33. The van der Waals surface area contributed by atoms with Gasteiger partial charge in [0, 0.05) is 18.0 Å². The number of nitrogens with zero attached hydrogens (tertiary/aromatic N) is 4. The molecule has 10 heteroatoms. The minimum absolute atomic E-state index is 0.0502. The fourth-order valence-electron chi connectivity index (χ4n) is 4.38. The van der Waals surface area contributed by atoms with Crippen molar-refractivity contribution in [2.24, 2.45) is 0 Å². The largest absolute Gasteiger partial charge is 0.376 e. The first-order valence-electron chi connectivity index (χ1n) is 11.8. The number of carbonyl (C=O) groups excluding carboxylic acids is 2. The van der Waals surface area contributed by atoms with Gasteiger partial charge in [0.2, 0.25) is 11.8 Å². The zero-order chi connectivity index (χ0) is 24.9. The number of hydrogen-bond donors (Lipinski definition) is 1. The summed E-state index contributed by atoms with van der Waals surface area (Å²) in [5, 5.41) is 13.2. The van der Waals surface area contributed by atoms with Gasteiger partial charge < -0.3 is 15.0 Å². The molecule has 4 aromatic rings. The average molecular weight is 508 g/mol. The number of amides is 2. The van der Waals surface area contributed by atoms with E-state index in [1.165, 1.54) is 33.1 Å². The second kappa shape index (κ2) is 11.0. The second-order valence-electron chi connectivity index (χ2n) is 8.67. The van der Waals surface area contributed by atoms with Gasteiger partial charge in [-0.05, 0) is 54.1 Å². The Bertz CT molecular complexity index is 1320. The van der Waals surface area contributed by atoms with E-state index in [4.69, 9.17) is 4.74 Å². The van der Waals surface area contributed by atoms with Crippen molar-refractivity contribution in [1.29, 1.82) is 0 Å². The number of aromatic nitrogens is 3. The van der Waals surface area contributed by atoms with E-state index in [1.54, 1.807) is 12.1 Å². The molecule has 1 N–H and O–H groups in total. The summed E-state index contributed by atoms with van der Waals surface area (Å²) in [5.74, 6) is -1.06. The van der Waals surface area contributed by atoms with Crippen LogP contribution in [0.4, 0.5) is 4.39 Å². The molecular formula is C26H26FN5O3S. The monoisotopic (exact) mass is 507 g/mol. The molecule has 0 saturated carbocycles. The Morgan fingerprint density at radius 1 is 1.17 bits per heavy atom. The maximum absolute atomic E-state index is 13.8. The zero-order valence-electron chi connectivity index (χ0n) is 19.5. The van der Waals surface area contributed by atoms with Crippen LogP contribution in [0, 0.1) is 5.82 Å². The lowest BCUT2D eigenvalue weighted by Crippen LogP contribution is -2.46. The van der Waals surface area contributed by atoms with Crippen LogP contribution in [-0.2, 0) is 27.4 Å². The summed E-state index contributed by atoms with van der Waals surface area (Å²) in [6.45, 7) is 1.16. The third-order valence-corrected chi connectivity index (χ3v) is 7.07. The van der Waals surface area contributed by atoms with Crippen LogP contribution >= 0.6 is 11.3 Å². The van der Waals surface area contributed by atoms with E-state index < -0.39 is 11.9 Å². The maximum Gasteiger partial charge on any atom is 0.247 e. The minimum atomic E-state index is -0.962. The molecule has 0 spiro atoms. The fraction of sp³-hybridized carbons (Fsp3) is 0.308. The molecule has 2 amide bonds. The van der Waals surface area contributed by atoms with Gasteiger partial charge in [0.15, 0.2) is 0 Å². The van der Waals surface area contributed by atoms with Crippen molar-refractivity contribution in [2.45, 2.75) is 38.1 Å². The maximum atomic E-state index is 13.8. The van der Waals surface area contributed by atoms with Gasteiger partial charge in [0.05, 0.1) is 18.2 Å². The van der Waals surface area contributed by atoms with Crippen molar-refractivity contribution in [2.75, 3.05) is 13.2 Å². The Morgan fingerprint density at radius 2 is 2.00 bits per heavy atom. The van der Waals surface area contributed by atoms with Gasteiger partial charge in [-0.2, -0.15) is 0 Å². The number of nitrogens with one attached hydrogen (secondary N) is 1. The highest BCUT2D eigenvalue weighted by atomic mass is 32.1. The highest BCUT2D eigenvalue weighted by molar-refractivity contribution is 7.09. The average Bonchev–Trinajstić information content (AvgIpc) is 3.67. The normalized spacial score (nSPS) is 16.2. The van der Waals surface area contributed by atoms with Crippen molar-refractivity contribution in [1.82, 2.24) is 25.2 Å². The molecule has 1 aliphatic heterocycles. The lowest BCUT2D eigenvalue weighted by atomic mass is 10.0. The first-order chi connectivity index (χ1) is 17.6. The molecule has 2 aromatic heterocycles. The molecule has 2 atom stereocenters. The van der Waals surface area contributed by atoms with E-state index in [2.05, 4.69) is 15.6 Å². The highest BCUT2D eigenvalue weighted by Gasteiger charge is 2.33. The first-order valence-corrected chi connectivity index (χ1v) is 12.7. The molecule has 8 nitrogen and oxygen atoms in total. The number of para-hydroxylation sites is 1. The minimum Gasteiger partial charge on any atom is -0.376 e. The molecule has 2 unspecified atom stereocenters. The molecule has 1 aliphatic rings. The zero-order valence-corrected chi connectivity index (χ0v) is 20.4. The number of benzene rings is 2. The fourth-order valence-corrected chi connectivity index (χ4v) is 5.08. The first kappa shape index (κ1) is 24.1. The molecule has 0 bridgehead atoms. The summed E-state index contributed by atoms with van der Waals surface area (Å²) in [6, 6.07) is 15.9. The Hall–Kier alpha value is -3.63. The van der Waals surface area contributed by atoms with E-state index in [9.17, 15) is 14.0 Å². The SMILES string of the molecule is O=C(NCC1CCCO1)C(c1ccc(F)cc1)N(Cc1cccs1)C(=O)Cn1nnc2ccccc21. The molecule has 5 rings (SSSR count). The van der Waals surface area contributed by atoms with Crippen molar-refractivity contribution in [3.63, 3.8) is 0 Å². The van der Waals surface area contributed by atoms with Crippen LogP contribution in [0.3, 0.4) is 0 Å². The van der Waals surface area contributed by atoms with Crippen LogP contribution in [0.15, 0.2) is 66.0 Å². The standard InChI is InChI=1S/C26H26FN5O3S/c27-19-11-9-18(10-12-19)25(26(34)28-15-20-5-3-13-35-20)31(16-21-6-4-14-36-21)24(33)17-32-23-8-2-1-7-22(23)29-30-32/h1-2,4,6-12,14,20,25H,3,5,13,15-17H2,(H,28,34). The van der Waals surface area contributed by atoms with E-state index in [1.807, 2.05) is 41.8 Å². The van der Waals surface area contributed by atoms with Gasteiger partial charge in [-0.15, -0.1) is 16.4 Å². The summed E-state index contributed by atoms with van der Waals surface area (Å²) >= 11 is 1.50. The summed E-state index contributed by atoms with van der Waals surface area (Å²) in [6.07, 6.45) is 1.78. The van der Waals surface area contributed by atoms with Gasteiger partial charge in [-0.3, -0.25) is 9.59 Å². The van der Waals surface area contributed by atoms with Crippen LogP contribution < -0.4 is 5.32 Å². The molecule has 2 aromatic carbocycles. The molecule has 36 heavy (non-hydrogen) atoms. The van der Waals surface area contributed by atoms with Crippen LogP contribution in [0.2, 0.25) is 0 Å². The van der Waals surface area contributed by atoms with E-state index in [-0.39, 0.29) is 31.0 Å². The summed E-state index contributed by atoms with van der Waals surface area (Å²) < 4.78 is 20.9. The van der Waals surface area contributed by atoms with Crippen LogP contribution in [0.5, 0.6) is 0 Å². The third kappa shape index (κ3) is 5.44. The van der Waals surface area contributed by atoms with Gasteiger partial charge in [0.25, 0.3) is 0 Å². The van der Waals surface area contributed by atoms with E-state index in [0.717, 1.165) is 23.2 Å². The van der Waals surface area contributed by atoms with Crippen molar-refractivity contribution in [3.05, 3.63) is 82.3 Å². The Morgan fingerprint density at radius 3 is 2.75 bits per heavy atom. The topological polar surface area (TPSA) is 89.4 Å². The van der Waals surface area contributed by atoms with Crippen molar-refractivity contribution in [3.8, 4) is 0 Å². The molecule has 186 valence electrons. The lowest BCUT2D eigenvalue weighted by Gasteiger charge is -2.31. The summed E-state index contributed by atoms with van der Waals surface area (Å²) in [7, 11) is 0. The Balaban J connectivity index is 1.47.